The number of aromatic nitrogens is 3. The quantitative estimate of drug-likeness (QED) is 0.264. The van der Waals surface area contributed by atoms with Gasteiger partial charge in [0.1, 0.15) is 11.4 Å². The number of phenols is 1. The van der Waals surface area contributed by atoms with Crippen molar-refractivity contribution in [1.82, 2.24) is 19.7 Å². The van der Waals surface area contributed by atoms with Crippen LogP contribution in [0.2, 0.25) is 0 Å². The Kier molecular flexibility index (Phi) is 10.2. The molecule has 0 saturated heterocycles. The molecule has 0 aliphatic heterocycles. The molecule has 0 bridgehead atoms. The van der Waals surface area contributed by atoms with Crippen molar-refractivity contribution in [3.63, 3.8) is 0 Å². The zero-order chi connectivity index (χ0) is 30.9. The number of carbonyl (C=O) groups excluding carboxylic acids is 3. The van der Waals surface area contributed by atoms with E-state index in [-0.39, 0.29) is 42.0 Å². The van der Waals surface area contributed by atoms with E-state index in [1.54, 1.807) is 68.7 Å². The van der Waals surface area contributed by atoms with Crippen LogP contribution in [-0.2, 0) is 22.5 Å². The van der Waals surface area contributed by atoms with E-state index in [0.717, 1.165) is 5.69 Å². The molecule has 0 radical (unpaired) electrons. The standard InChI is InChI=1S/C31H30N6O5S/c1-21-15-26(37(3)34-21)31(42)33-25-8-6-7-22(17-25)11-12-23-16-24(19-32-18-23)30(41)35-43(20-29(40)36(2)13-14-38)28-10-5-4-9-27(28)39/h4-10,15-19,38-39H,13-14,20H2,1-3H3,(H,33,42). The normalized spacial score (nSPS) is 11.3. The molecule has 1 unspecified atom stereocenters. The molecular weight excluding hydrogens is 568 g/mol. The number of aromatic hydroxyl groups is 1. The Bertz CT molecular complexity index is 1770. The van der Waals surface area contributed by atoms with E-state index in [4.69, 9.17) is 0 Å². The fourth-order valence-corrected chi connectivity index (χ4v) is 5.56. The van der Waals surface area contributed by atoms with Crippen molar-refractivity contribution in [2.45, 2.75) is 11.8 Å². The number of carbonyl (C=O) groups is 3. The van der Waals surface area contributed by atoms with Crippen LogP contribution in [0.3, 0.4) is 0 Å². The van der Waals surface area contributed by atoms with E-state index < -0.39 is 16.6 Å². The Hall–Kier alpha value is -5.12. The third-order valence-electron chi connectivity index (χ3n) is 6.12. The number of rotatable bonds is 8. The molecule has 1 atom stereocenters. The molecular formula is C31H30N6O5S. The number of anilines is 1. The van der Waals surface area contributed by atoms with Crippen LogP contribution in [-0.4, -0.2) is 73.6 Å². The molecule has 0 aliphatic rings. The van der Waals surface area contributed by atoms with Gasteiger partial charge in [-0.05, 0) is 60.1 Å². The number of amides is 3. The Balaban J connectivity index is 1.55. The molecule has 4 rings (SSSR count). The maximum atomic E-state index is 13.2. The number of benzene rings is 2. The number of nitrogens with one attached hydrogen (secondary N) is 1. The number of aryl methyl sites for hydroxylation is 2. The van der Waals surface area contributed by atoms with E-state index in [0.29, 0.717) is 27.4 Å². The van der Waals surface area contributed by atoms with Crippen LogP contribution in [0.15, 0.2) is 82.3 Å². The van der Waals surface area contributed by atoms with Crippen LogP contribution >= 0.6 is 0 Å². The summed E-state index contributed by atoms with van der Waals surface area (Å²) in [7, 11) is 1.95. The minimum absolute atomic E-state index is 0.0772. The molecule has 43 heavy (non-hydrogen) atoms. The molecule has 4 aromatic rings. The summed E-state index contributed by atoms with van der Waals surface area (Å²) in [6, 6.07) is 16.7. The van der Waals surface area contributed by atoms with Gasteiger partial charge in [0.15, 0.2) is 0 Å². The highest BCUT2D eigenvalue weighted by Gasteiger charge is 2.18. The average molecular weight is 599 g/mol. The van der Waals surface area contributed by atoms with Crippen LogP contribution in [0.5, 0.6) is 5.75 Å². The third kappa shape index (κ3) is 8.22. The Morgan fingerprint density at radius 2 is 1.81 bits per heavy atom. The van der Waals surface area contributed by atoms with Crippen molar-refractivity contribution in [3.8, 4) is 17.6 Å². The van der Waals surface area contributed by atoms with Gasteiger partial charge in [0.2, 0.25) is 5.91 Å². The average Bonchev–Trinajstić information content (AvgIpc) is 3.34. The molecule has 2 aromatic heterocycles. The lowest BCUT2D eigenvalue weighted by molar-refractivity contribution is -0.127. The summed E-state index contributed by atoms with van der Waals surface area (Å²) in [4.78, 5) is 44.4. The number of nitrogens with zero attached hydrogens (tertiary/aromatic N) is 5. The smallest absolute Gasteiger partial charge is 0.284 e. The van der Waals surface area contributed by atoms with Crippen molar-refractivity contribution in [2.24, 2.45) is 11.4 Å². The Morgan fingerprint density at radius 3 is 2.53 bits per heavy atom. The first-order valence-corrected chi connectivity index (χ1v) is 14.5. The van der Waals surface area contributed by atoms with Crippen molar-refractivity contribution in [2.75, 3.05) is 31.3 Å². The molecule has 0 aliphatic carbocycles. The van der Waals surface area contributed by atoms with Gasteiger partial charge in [-0.2, -0.15) is 9.46 Å². The first-order valence-electron chi connectivity index (χ1n) is 13.1. The van der Waals surface area contributed by atoms with Crippen LogP contribution in [0.25, 0.3) is 0 Å². The number of hydrogen-bond donors (Lipinski definition) is 3. The summed E-state index contributed by atoms with van der Waals surface area (Å²) in [5.74, 6) is 4.53. The van der Waals surface area contributed by atoms with Crippen LogP contribution < -0.4 is 5.32 Å². The molecule has 220 valence electrons. The van der Waals surface area contributed by atoms with Crippen LogP contribution in [0.4, 0.5) is 5.69 Å². The highest BCUT2D eigenvalue weighted by molar-refractivity contribution is 7.88. The summed E-state index contributed by atoms with van der Waals surface area (Å²) in [6.45, 7) is 1.74. The molecule has 11 nitrogen and oxygen atoms in total. The predicted octanol–water partition coefficient (Wildman–Crippen LogP) is 2.93. The molecule has 0 fully saturated rings. The highest BCUT2D eigenvalue weighted by Crippen LogP contribution is 2.23. The largest absolute Gasteiger partial charge is 0.507 e. The van der Waals surface area contributed by atoms with Crippen LogP contribution in [0, 0.1) is 18.8 Å². The fraction of sp³-hybridized carbons (Fsp3) is 0.194. The second kappa shape index (κ2) is 14.2. The zero-order valence-corrected chi connectivity index (χ0v) is 24.6. The van der Waals surface area contributed by atoms with E-state index in [9.17, 15) is 24.6 Å². The van der Waals surface area contributed by atoms with Gasteiger partial charge in [0.25, 0.3) is 11.8 Å². The van der Waals surface area contributed by atoms with E-state index in [2.05, 4.69) is 31.6 Å². The second-order valence-electron chi connectivity index (χ2n) is 9.45. The monoisotopic (exact) mass is 598 g/mol. The van der Waals surface area contributed by atoms with Crippen molar-refractivity contribution >= 4 is 34.1 Å². The van der Waals surface area contributed by atoms with Crippen molar-refractivity contribution in [1.29, 1.82) is 0 Å². The zero-order valence-electron chi connectivity index (χ0n) is 23.8. The SMILES string of the molecule is Cc1cc(C(=O)Nc2cccc(C#Cc3cncc(C(=O)N=S(CC(=O)N(C)CCO)c4ccccc4O)c3)c2)n(C)n1. The number of para-hydroxylation sites is 1. The van der Waals surface area contributed by atoms with Gasteiger partial charge in [0.05, 0.1) is 28.5 Å². The summed E-state index contributed by atoms with van der Waals surface area (Å²) >= 11 is 0. The Labute approximate surface area is 251 Å². The molecule has 2 heterocycles. The summed E-state index contributed by atoms with van der Waals surface area (Å²) in [6.07, 6.45) is 2.87. The van der Waals surface area contributed by atoms with Crippen molar-refractivity contribution in [3.05, 3.63) is 101 Å². The number of pyridine rings is 1. The first-order chi connectivity index (χ1) is 20.6. The van der Waals surface area contributed by atoms with Crippen LogP contribution in [0.1, 0.15) is 37.7 Å². The molecule has 3 amide bonds. The topological polar surface area (TPSA) is 150 Å². The maximum absolute atomic E-state index is 13.2. The lowest BCUT2D eigenvalue weighted by Gasteiger charge is -2.17. The number of phenolic OH excluding ortho intramolecular Hbond substituents is 1. The lowest BCUT2D eigenvalue weighted by Crippen LogP contribution is -2.33. The molecule has 12 heteroatoms. The fourth-order valence-electron chi connectivity index (χ4n) is 3.93. The minimum atomic E-state index is -1.30. The predicted molar refractivity (Wildman–Crippen MR) is 163 cm³/mol. The highest BCUT2D eigenvalue weighted by atomic mass is 32.2. The van der Waals surface area contributed by atoms with Gasteiger partial charge in [-0.1, -0.05) is 30.0 Å². The number of aliphatic hydroxyl groups is 1. The second-order valence-corrected chi connectivity index (χ2v) is 11.1. The van der Waals surface area contributed by atoms with Gasteiger partial charge in [-0.25, -0.2) is 0 Å². The minimum Gasteiger partial charge on any atom is -0.507 e. The van der Waals surface area contributed by atoms with E-state index in [1.165, 1.54) is 28.0 Å². The van der Waals surface area contributed by atoms with Gasteiger partial charge < -0.3 is 20.4 Å². The third-order valence-corrected chi connectivity index (χ3v) is 7.88. The van der Waals surface area contributed by atoms with Gasteiger partial charge in [-0.3, -0.25) is 24.0 Å². The van der Waals surface area contributed by atoms with E-state index >= 15 is 0 Å². The van der Waals surface area contributed by atoms with Gasteiger partial charge >= 0.3 is 0 Å². The number of hydrogen-bond acceptors (Lipinski definition) is 7. The maximum Gasteiger partial charge on any atom is 0.284 e. The van der Waals surface area contributed by atoms with Gasteiger partial charge in [-0.15, -0.1) is 0 Å². The summed E-state index contributed by atoms with van der Waals surface area (Å²) in [5, 5.41) is 26.6. The molecule has 3 N–H and O–H groups in total. The number of aliphatic hydroxyl groups excluding tert-OH is 1. The van der Waals surface area contributed by atoms with Gasteiger partial charge in [0, 0.05) is 49.8 Å². The van der Waals surface area contributed by atoms with E-state index in [1.807, 2.05) is 6.92 Å². The Morgan fingerprint density at radius 1 is 1.05 bits per heavy atom. The van der Waals surface area contributed by atoms with Crippen molar-refractivity contribution < 1.29 is 24.6 Å². The molecule has 0 spiro atoms. The number of likely N-dealkylation sites (N-methyl/N-ethyl adjacent to an activating group) is 1. The summed E-state index contributed by atoms with van der Waals surface area (Å²) < 4.78 is 5.79. The molecule has 2 aromatic carbocycles. The molecule has 0 saturated carbocycles. The first kappa shape index (κ1) is 30.8. The summed E-state index contributed by atoms with van der Waals surface area (Å²) in [5.41, 5.74) is 2.99. The lowest BCUT2D eigenvalue weighted by atomic mass is 10.1.